The molecule has 10 heteroatoms. The van der Waals surface area contributed by atoms with E-state index in [9.17, 15) is 9.59 Å². The third-order valence-corrected chi connectivity index (χ3v) is 7.06. The van der Waals surface area contributed by atoms with Crippen molar-refractivity contribution in [2.24, 2.45) is 14.1 Å². The Bertz CT molecular complexity index is 1480. The number of benzene rings is 2. The van der Waals surface area contributed by atoms with Crippen LogP contribution < -0.4 is 16.1 Å². The van der Waals surface area contributed by atoms with E-state index in [0.717, 1.165) is 47.9 Å². The molecule has 0 unspecified atom stereocenters. The van der Waals surface area contributed by atoms with E-state index >= 15 is 0 Å². The van der Waals surface area contributed by atoms with E-state index < -0.39 is 5.69 Å². The molecule has 0 aliphatic carbocycles. The van der Waals surface area contributed by atoms with Gasteiger partial charge in [0.25, 0.3) is 5.56 Å². The number of halogens is 2. The van der Waals surface area contributed by atoms with Crippen molar-refractivity contribution in [2.45, 2.75) is 13.1 Å². The number of hydrogen-bond donors (Lipinski definition) is 0. The molecule has 35 heavy (non-hydrogen) atoms. The Morgan fingerprint density at radius 1 is 0.771 bits per heavy atom. The molecule has 0 N–H and O–H groups in total. The van der Waals surface area contributed by atoms with Gasteiger partial charge in [-0.2, -0.15) is 4.98 Å². The maximum absolute atomic E-state index is 13.2. The van der Waals surface area contributed by atoms with Gasteiger partial charge in [-0.05, 0) is 35.4 Å². The van der Waals surface area contributed by atoms with Gasteiger partial charge in [0.1, 0.15) is 0 Å². The van der Waals surface area contributed by atoms with Gasteiger partial charge < -0.3 is 4.90 Å². The normalized spacial score (nSPS) is 14.7. The number of rotatable bonds is 5. The largest absolute Gasteiger partial charge is 0.340 e. The number of anilines is 1. The standard InChI is InChI=1S/C25H26Cl2N6O2/c1-29-22-21(23(34)30(2)25(29)35)33(16-18-5-9-20(27)10-6-18)24(28-22)32-13-11-31(12-14-32)15-17-3-7-19(26)8-4-17/h3-10H,11-16H2,1-2H3. The SMILES string of the molecule is Cn1c(=O)c2c(nc(N3CCN(Cc4ccc(Cl)cc4)CC3)n2Cc2ccc(Cl)cc2)n(C)c1=O. The molecule has 1 fully saturated rings. The average molecular weight is 513 g/mol. The van der Waals surface area contributed by atoms with E-state index in [0.29, 0.717) is 28.7 Å². The lowest BCUT2D eigenvalue weighted by molar-refractivity contribution is 0.248. The number of piperazine rings is 1. The topological polar surface area (TPSA) is 68.3 Å². The van der Waals surface area contributed by atoms with Crippen LogP contribution in [0.4, 0.5) is 5.95 Å². The van der Waals surface area contributed by atoms with E-state index in [1.165, 1.54) is 17.2 Å². The molecule has 1 aliphatic rings. The molecule has 0 amide bonds. The highest BCUT2D eigenvalue weighted by Gasteiger charge is 2.26. The molecule has 182 valence electrons. The molecule has 4 aromatic rings. The van der Waals surface area contributed by atoms with Gasteiger partial charge in [0, 0.05) is 56.9 Å². The second-order valence-corrected chi connectivity index (χ2v) is 9.76. The lowest BCUT2D eigenvalue weighted by Gasteiger charge is -2.35. The quantitative estimate of drug-likeness (QED) is 0.411. The van der Waals surface area contributed by atoms with Gasteiger partial charge in [-0.15, -0.1) is 0 Å². The summed E-state index contributed by atoms with van der Waals surface area (Å²) < 4.78 is 4.50. The van der Waals surface area contributed by atoms with Crippen molar-refractivity contribution >= 4 is 40.3 Å². The zero-order chi connectivity index (χ0) is 24.7. The lowest BCUT2D eigenvalue weighted by atomic mass is 10.2. The molecule has 3 heterocycles. The summed E-state index contributed by atoms with van der Waals surface area (Å²) in [6.45, 7) is 4.51. The van der Waals surface area contributed by atoms with Gasteiger partial charge in [-0.3, -0.25) is 23.4 Å². The Hall–Kier alpha value is -3.07. The van der Waals surface area contributed by atoms with E-state index in [2.05, 4.69) is 21.9 Å². The summed E-state index contributed by atoms with van der Waals surface area (Å²) in [5.41, 5.74) is 2.28. The Morgan fingerprint density at radius 3 is 1.89 bits per heavy atom. The smallest absolute Gasteiger partial charge is 0.332 e. The number of fused-ring (bicyclic) bond motifs is 1. The first kappa shape index (κ1) is 23.7. The zero-order valence-corrected chi connectivity index (χ0v) is 21.1. The van der Waals surface area contributed by atoms with Crippen LogP contribution in [0.3, 0.4) is 0 Å². The van der Waals surface area contributed by atoms with Crippen molar-refractivity contribution < 1.29 is 0 Å². The summed E-state index contributed by atoms with van der Waals surface area (Å²) in [4.78, 5) is 35.1. The fourth-order valence-corrected chi connectivity index (χ4v) is 4.80. The van der Waals surface area contributed by atoms with Crippen LogP contribution in [0.25, 0.3) is 11.2 Å². The van der Waals surface area contributed by atoms with Gasteiger partial charge in [-0.1, -0.05) is 47.5 Å². The van der Waals surface area contributed by atoms with Crippen molar-refractivity contribution in [1.82, 2.24) is 23.6 Å². The van der Waals surface area contributed by atoms with E-state index in [-0.39, 0.29) is 5.56 Å². The fourth-order valence-electron chi connectivity index (χ4n) is 4.55. The number of aryl methyl sites for hydroxylation is 1. The summed E-state index contributed by atoms with van der Waals surface area (Å²) in [7, 11) is 3.15. The van der Waals surface area contributed by atoms with Crippen LogP contribution in [0.2, 0.25) is 10.0 Å². The van der Waals surface area contributed by atoms with Gasteiger partial charge in [0.05, 0.1) is 6.54 Å². The molecule has 8 nitrogen and oxygen atoms in total. The highest BCUT2D eigenvalue weighted by molar-refractivity contribution is 6.30. The summed E-state index contributed by atoms with van der Waals surface area (Å²) >= 11 is 12.1. The van der Waals surface area contributed by atoms with E-state index in [4.69, 9.17) is 28.2 Å². The second kappa shape index (κ2) is 9.53. The van der Waals surface area contributed by atoms with Gasteiger partial charge in [0.15, 0.2) is 11.2 Å². The molecule has 0 atom stereocenters. The molecule has 1 saturated heterocycles. The highest BCUT2D eigenvalue weighted by Crippen LogP contribution is 2.24. The van der Waals surface area contributed by atoms with Crippen molar-refractivity contribution in [3.8, 4) is 0 Å². The number of hydrogen-bond acceptors (Lipinski definition) is 5. The van der Waals surface area contributed by atoms with E-state index in [1.807, 2.05) is 41.0 Å². The zero-order valence-electron chi connectivity index (χ0n) is 19.6. The van der Waals surface area contributed by atoms with Crippen LogP contribution in [-0.2, 0) is 27.2 Å². The molecule has 2 aromatic heterocycles. The summed E-state index contributed by atoms with van der Waals surface area (Å²) in [5.74, 6) is 0.694. The Kier molecular flexibility index (Phi) is 6.44. The monoisotopic (exact) mass is 512 g/mol. The maximum atomic E-state index is 13.2. The minimum absolute atomic E-state index is 0.350. The summed E-state index contributed by atoms with van der Waals surface area (Å²) in [6, 6.07) is 15.5. The first-order valence-electron chi connectivity index (χ1n) is 11.4. The minimum Gasteiger partial charge on any atom is -0.340 e. The van der Waals surface area contributed by atoms with Crippen molar-refractivity contribution in [1.29, 1.82) is 0 Å². The van der Waals surface area contributed by atoms with Crippen LogP contribution in [0.15, 0.2) is 58.1 Å². The van der Waals surface area contributed by atoms with Gasteiger partial charge >= 0.3 is 5.69 Å². The molecular formula is C25H26Cl2N6O2. The molecule has 0 spiro atoms. The highest BCUT2D eigenvalue weighted by atomic mass is 35.5. The van der Waals surface area contributed by atoms with Crippen LogP contribution in [0, 0.1) is 0 Å². The van der Waals surface area contributed by atoms with Gasteiger partial charge in [-0.25, -0.2) is 4.79 Å². The third-order valence-electron chi connectivity index (χ3n) is 6.56. The Balaban J connectivity index is 1.48. The third kappa shape index (κ3) is 4.61. The Morgan fingerprint density at radius 2 is 1.31 bits per heavy atom. The minimum atomic E-state index is -0.391. The summed E-state index contributed by atoms with van der Waals surface area (Å²) in [5, 5.41) is 1.39. The molecule has 5 rings (SSSR count). The average Bonchev–Trinajstić information content (AvgIpc) is 3.24. The number of imidazole rings is 1. The van der Waals surface area contributed by atoms with Crippen molar-refractivity contribution in [3.05, 3.63) is 90.5 Å². The molecular weight excluding hydrogens is 487 g/mol. The summed E-state index contributed by atoms with van der Waals surface area (Å²) in [6.07, 6.45) is 0. The predicted molar refractivity (Wildman–Crippen MR) is 140 cm³/mol. The van der Waals surface area contributed by atoms with Crippen molar-refractivity contribution in [3.63, 3.8) is 0 Å². The lowest BCUT2D eigenvalue weighted by Crippen LogP contribution is -2.47. The molecule has 0 bridgehead atoms. The van der Waals surface area contributed by atoms with Crippen molar-refractivity contribution in [2.75, 3.05) is 31.1 Å². The molecule has 1 aliphatic heterocycles. The molecule has 0 saturated carbocycles. The first-order valence-corrected chi connectivity index (χ1v) is 12.2. The van der Waals surface area contributed by atoms with Crippen LogP contribution in [0.5, 0.6) is 0 Å². The number of aromatic nitrogens is 4. The molecule has 2 aromatic carbocycles. The Labute approximate surface area is 212 Å². The maximum Gasteiger partial charge on any atom is 0.332 e. The fraction of sp³-hybridized carbons (Fsp3) is 0.320. The van der Waals surface area contributed by atoms with Crippen LogP contribution in [-0.4, -0.2) is 49.8 Å². The first-order chi connectivity index (χ1) is 16.8. The molecule has 0 radical (unpaired) electrons. The van der Waals surface area contributed by atoms with Crippen LogP contribution in [0.1, 0.15) is 11.1 Å². The van der Waals surface area contributed by atoms with E-state index in [1.54, 1.807) is 7.05 Å². The second-order valence-electron chi connectivity index (χ2n) is 8.89. The van der Waals surface area contributed by atoms with Gasteiger partial charge in [0.2, 0.25) is 5.95 Å². The van der Waals surface area contributed by atoms with Crippen LogP contribution >= 0.6 is 23.2 Å². The predicted octanol–water partition coefficient (Wildman–Crippen LogP) is 3.11. The number of nitrogens with zero attached hydrogens (tertiary/aromatic N) is 6.